The number of imidazole rings is 1. The van der Waals surface area contributed by atoms with Crippen LogP contribution in [0.15, 0.2) is 40.2 Å². The molecule has 0 amide bonds. The molecule has 3 aromatic rings. The van der Waals surface area contributed by atoms with Crippen LogP contribution >= 0.6 is 0 Å². The molecule has 1 aromatic carbocycles. The third kappa shape index (κ3) is 3.17. The van der Waals surface area contributed by atoms with Crippen molar-refractivity contribution < 1.29 is 9.53 Å². The lowest BCUT2D eigenvalue weighted by atomic mass is 10.1. The van der Waals surface area contributed by atoms with E-state index >= 15 is 0 Å². The van der Waals surface area contributed by atoms with Gasteiger partial charge in [0.05, 0.1) is 18.5 Å². The first-order valence-electron chi connectivity index (χ1n) is 8.25. The second kappa shape index (κ2) is 6.99. The monoisotopic (exact) mass is 356 g/mol. The highest BCUT2D eigenvalue weighted by Gasteiger charge is 2.15. The van der Waals surface area contributed by atoms with E-state index in [9.17, 15) is 14.4 Å². The number of rotatable bonds is 5. The van der Waals surface area contributed by atoms with Crippen LogP contribution in [-0.4, -0.2) is 31.3 Å². The summed E-state index contributed by atoms with van der Waals surface area (Å²) in [6, 6.07) is 7.12. The zero-order valence-corrected chi connectivity index (χ0v) is 14.9. The quantitative estimate of drug-likeness (QED) is 0.502. The lowest BCUT2D eigenvalue weighted by Crippen LogP contribution is -2.39. The molecule has 2 aromatic heterocycles. The fraction of sp³-hybridized carbons (Fsp3) is 0.333. The third-order valence-corrected chi connectivity index (χ3v) is 4.21. The molecule has 0 bridgehead atoms. The number of fused-ring (bicyclic) bond motifs is 1. The molecule has 3 rings (SSSR count). The van der Waals surface area contributed by atoms with Crippen molar-refractivity contribution in [2.45, 2.75) is 19.9 Å². The lowest BCUT2D eigenvalue weighted by molar-refractivity contribution is 0.0495. The summed E-state index contributed by atoms with van der Waals surface area (Å²) in [5.74, 6) is -0.420. The molecule has 26 heavy (non-hydrogen) atoms. The third-order valence-electron chi connectivity index (χ3n) is 4.21. The van der Waals surface area contributed by atoms with Crippen molar-refractivity contribution in [1.29, 1.82) is 0 Å². The van der Waals surface area contributed by atoms with Crippen molar-refractivity contribution in [3.63, 3.8) is 0 Å². The SMILES string of the molecule is Cc1cccc(C(=O)OCCCn2c(=O)c3c(ncn3C)n(C)c2=O)c1. The zero-order valence-electron chi connectivity index (χ0n) is 14.9. The van der Waals surface area contributed by atoms with E-state index in [-0.39, 0.29) is 13.2 Å². The van der Waals surface area contributed by atoms with Crippen LogP contribution < -0.4 is 11.2 Å². The number of hydrogen-bond donors (Lipinski definition) is 0. The van der Waals surface area contributed by atoms with Crippen LogP contribution in [0.3, 0.4) is 0 Å². The lowest BCUT2D eigenvalue weighted by Gasteiger charge is -2.09. The van der Waals surface area contributed by atoms with Gasteiger partial charge in [0.15, 0.2) is 11.2 Å². The van der Waals surface area contributed by atoms with Crippen LogP contribution in [0.4, 0.5) is 0 Å². The molecule has 136 valence electrons. The number of carbonyl (C=O) groups excluding carboxylic acids is 1. The van der Waals surface area contributed by atoms with Gasteiger partial charge >= 0.3 is 11.7 Å². The summed E-state index contributed by atoms with van der Waals surface area (Å²) in [5.41, 5.74) is 1.33. The van der Waals surface area contributed by atoms with Gasteiger partial charge in [-0.25, -0.2) is 14.6 Å². The fourth-order valence-electron chi connectivity index (χ4n) is 2.84. The van der Waals surface area contributed by atoms with E-state index in [0.29, 0.717) is 23.1 Å². The van der Waals surface area contributed by atoms with Crippen molar-refractivity contribution in [2.75, 3.05) is 6.61 Å². The first kappa shape index (κ1) is 17.7. The topological polar surface area (TPSA) is 88.1 Å². The minimum Gasteiger partial charge on any atom is -0.462 e. The number of hydrogen-bond acceptors (Lipinski definition) is 5. The second-order valence-electron chi connectivity index (χ2n) is 6.19. The highest BCUT2D eigenvalue weighted by molar-refractivity contribution is 5.89. The molecule has 0 aliphatic rings. The average Bonchev–Trinajstić information content (AvgIpc) is 3.01. The molecule has 0 spiro atoms. The van der Waals surface area contributed by atoms with Gasteiger partial charge in [-0.3, -0.25) is 13.9 Å². The van der Waals surface area contributed by atoms with Gasteiger partial charge in [0.25, 0.3) is 5.56 Å². The number of aryl methyl sites for hydroxylation is 3. The molecule has 0 fully saturated rings. The molecule has 0 aliphatic heterocycles. The van der Waals surface area contributed by atoms with E-state index in [1.165, 1.54) is 10.9 Å². The first-order chi connectivity index (χ1) is 12.4. The number of ether oxygens (including phenoxy) is 1. The smallest absolute Gasteiger partial charge is 0.338 e. The van der Waals surface area contributed by atoms with Crippen LogP contribution in [0.5, 0.6) is 0 Å². The van der Waals surface area contributed by atoms with Crippen LogP contribution in [-0.2, 0) is 25.4 Å². The van der Waals surface area contributed by atoms with E-state index in [4.69, 9.17) is 4.74 Å². The molecular weight excluding hydrogens is 336 g/mol. The summed E-state index contributed by atoms with van der Waals surface area (Å²) in [4.78, 5) is 41.0. The van der Waals surface area contributed by atoms with Gasteiger partial charge < -0.3 is 9.30 Å². The summed E-state index contributed by atoms with van der Waals surface area (Å²) in [5, 5.41) is 0. The number of esters is 1. The summed E-state index contributed by atoms with van der Waals surface area (Å²) >= 11 is 0. The predicted octanol–water partition coefficient (Wildman–Crippen LogP) is 0.989. The predicted molar refractivity (Wildman–Crippen MR) is 96.3 cm³/mol. The molecule has 0 N–H and O–H groups in total. The average molecular weight is 356 g/mol. The maximum absolute atomic E-state index is 12.6. The molecular formula is C18H20N4O4. The highest BCUT2D eigenvalue weighted by atomic mass is 16.5. The van der Waals surface area contributed by atoms with Gasteiger partial charge in [-0.2, -0.15) is 0 Å². The molecule has 0 unspecified atom stereocenters. The Kier molecular flexibility index (Phi) is 4.75. The largest absolute Gasteiger partial charge is 0.462 e. The highest BCUT2D eigenvalue weighted by Crippen LogP contribution is 2.06. The number of carbonyl (C=O) groups is 1. The van der Waals surface area contributed by atoms with Crippen LogP contribution in [0.25, 0.3) is 11.2 Å². The van der Waals surface area contributed by atoms with Gasteiger partial charge in [-0.05, 0) is 25.5 Å². The minimum absolute atomic E-state index is 0.117. The summed E-state index contributed by atoms with van der Waals surface area (Å²) in [7, 11) is 3.28. The van der Waals surface area contributed by atoms with Crippen LogP contribution in [0, 0.1) is 6.92 Å². The number of aromatic nitrogens is 4. The molecule has 8 heteroatoms. The van der Waals surface area contributed by atoms with Crippen LogP contribution in [0.1, 0.15) is 22.3 Å². The van der Waals surface area contributed by atoms with Gasteiger partial charge in [0.2, 0.25) is 0 Å². The number of benzene rings is 1. The second-order valence-corrected chi connectivity index (χ2v) is 6.19. The van der Waals surface area contributed by atoms with Crippen molar-refractivity contribution in [3.05, 3.63) is 62.6 Å². The van der Waals surface area contributed by atoms with E-state index in [1.807, 2.05) is 13.0 Å². The fourth-order valence-corrected chi connectivity index (χ4v) is 2.84. The molecule has 0 radical (unpaired) electrons. The summed E-state index contributed by atoms with van der Waals surface area (Å²) in [6.07, 6.45) is 1.86. The first-order valence-corrected chi connectivity index (χ1v) is 8.25. The van der Waals surface area contributed by atoms with Crippen LogP contribution in [0.2, 0.25) is 0 Å². The summed E-state index contributed by atoms with van der Waals surface area (Å²) in [6.45, 7) is 2.17. The molecule has 0 atom stereocenters. The maximum Gasteiger partial charge on any atom is 0.338 e. The van der Waals surface area contributed by atoms with Crippen molar-refractivity contribution in [3.8, 4) is 0 Å². The van der Waals surface area contributed by atoms with E-state index in [0.717, 1.165) is 10.1 Å². The van der Waals surface area contributed by atoms with E-state index in [2.05, 4.69) is 4.98 Å². The maximum atomic E-state index is 12.6. The molecule has 8 nitrogen and oxygen atoms in total. The minimum atomic E-state index is -0.439. The zero-order chi connectivity index (χ0) is 18.8. The molecule has 0 saturated heterocycles. The Morgan fingerprint density at radius 3 is 2.73 bits per heavy atom. The molecule has 0 saturated carbocycles. The standard InChI is InChI=1S/C18H20N4O4/c1-12-6-4-7-13(10-12)17(24)26-9-5-8-22-16(23)14-15(19-11-20(14)2)21(3)18(22)25/h4,6-7,10-11H,5,8-9H2,1-3H3. The van der Waals surface area contributed by atoms with Gasteiger partial charge in [0.1, 0.15) is 0 Å². The number of nitrogens with zero attached hydrogens (tertiary/aromatic N) is 4. The Morgan fingerprint density at radius 2 is 2.00 bits per heavy atom. The summed E-state index contributed by atoms with van der Waals surface area (Å²) < 4.78 is 9.31. The van der Waals surface area contributed by atoms with Gasteiger partial charge in [-0.15, -0.1) is 0 Å². The Hall–Kier alpha value is -3.16. The van der Waals surface area contributed by atoms with E-state index in [1.54, 1.807) is 36.9 Å². The molecule has 2 heterocycles. The van der Waals surface area contributed by atoms with Crippen molar-refractivity contribution in [1.82, 2.24) is 18.7 Å². The normalized spacial score (nSPS) is 11.0. The molecule has 0 aliphatic carbocycles. The van der Waals surface area contributed by atoms with Gasteiger partial charge in [-0.1, -0.05) is 17.7 Å². The Balaban J connectivity index is 1.71. The Labute approximate surface area is 149 Å². The van der Waals surface area contributed by atoms with Gasteiger partial charge in [0, 0.05) is 20.6 Å². The van der Waals surface area contributed by atoms with Crippen molar-refractivity contribution in [2.24, 2.45) is 14.1 Å². The van der Waals surface area contributed by atoms with E-state index < -0.39 is 17.2 Å². The Bertz CT molecular complexity index is 1090. The Morgan fingerprint density at radius 1 is 1.23 bits per heavy atom. The van der Waals surface area contributed by atoms with Crippen molar-refractivity contribution >= 4 is 17.1 Å².